The van der Waals surface area contributed by atoms with Gasteiger partial charge in [-0.1, -0.05) is 29.8 Å². The molecule has 1 unspecified atom stereocenters. The van der Waals surface area contributed by atoms with E-state index in [2.05, 4.69) is 5.32 Å². The van der Waals surface area contributed by atoms with Crippen LogP contribution in [0.15, 0.2) is 53.4 Å². The Morgan fingerprint density at radius 2 is 1.88 bits per heavy atom. The molecule has 0 aliphatic carbocycles. The Bertz CT molecular complexity index is 872. The first kappa shape index (κ1) is 19.6. The summed E-state index contributed by atoms with van der Waals surface area (Å²) >= 11 is 7.47. The number of halogens is 1. The molecule has 0 spiro atoms. The molecule has 2 rings (SSSR count). The highest BCUT2D eigenvalue weighted by molar-refractivity contribution is 7.98. The Labute approximate surface area is 157 Å². The molecule has 8 heteroatoms. The van der Waals surface area contributed by atoms with Crippen molar-refractivity contribution < 1.29 is 13.2 Å². The number of hydrogen-bond donors (Lipinski definition) is 1. The summed E-state index contributed by atoms with van der Waals surface area (Å²) in [6.45, 7) is 1.54. The van der Waals surface area contributed by atoms with Gasteiger partial charge < -0.3 is 5.32 Å². The van der Waals surface area contributed by atoms with Gasteiger partial charge in [0.15, 0.2) is 0 Å². The number of hydrogen-bond acceptors (Lipinski definition) is 4. The van der Waals surface area contributed by atoms with Crippen LogP contribution in [0.1, 0.15) is 6.92 Å². The number of nitrogens with zero attached hydrogens (tertiary/aromatic N) is 1. The zero-order valence-corrected chi connectivity index (χ0v) is 16.5. The molecule has 25 heavy (non-hydrogen) atoms. The average molecular weight is 399 g/mol. The van der Waals surface area contributed by atoms with Crippen LogP contribution in [0.5, 0.6) is 0 Å². The van der Waals surface area contributed by atoms with Crippen molar-refractivity contribution in [1.29, 1.82) is 0 Å². The lowest BCUT2D eigenvalue weighted by atomic mass is 10.2. The van der Waals surface area contributed by atoms with Gasteiger partial charge in [-0.15, -0.1) is 11.8 Å². The van der Waals surface area contributed by atoms with Crippen LogP contribution in [0.25, 0.3) is 0 Å². The minimum absolute atomic E-state index is 0.343. The number of carbonyl (C=O) groups is 1. The average Bonchev–Trinajstić information content (AvgIpc) is 2.54. The van der Waals surface area contributed by atoms with Gasteiger partial charge in [0.1, 0.15) is 6.04 Å². The van der Waals surface area contributed by atoms with Crippen molar-refractivity contribution in [3.05, 3.63) is 53.6 Å². The van der Waals surface area contributed by atoms with Crippen molar-refractivity contribution in [2.24, 2.45) is 0 Å². The maximum atomic E-state index is 12.7. The van der Waals surface area contributed by atoms with Crippen LogP contribution >= 0.6 is 23.4 Å². The third-order valence-corrected chi connectivity index (χ3v) is 5.79. The van der Waals surface area contributed by atoms with E-state index in [4.69, 9.17) is 11.6 Å². The van der Waals surface area contributed by atoms with Crippen molar-refractivity contribution in [3.63, 3.8) is 0 Å². The number of amides is 1. The predicted molar refractivity (Wildman–Crippen MR) is 105 cm³/mol. The molecule has 1 atom stereocenters. The second-order valence-electron chi connectivity index (χ2n) is 5.40. The Morgan fingerprint density at radius 1 is 1.20 bits per heavy atom. The zero-order chi connectivity index (χ0) is 18.6. The van der Waals surface area contributed by atoms with Gasteiger partial charge >= 0.3 is 0 Å². The molecule has 2 aromatic rings. The van der Waals surface area contributed by atoms with E-state index in [1.54, 1.807) is 31.2 Å². The van der Waals surface area contributed by atoms with Crippen LogP contribution in [-0.4, -0.2) is 32.9 Å². The van der Waals surface area contributed by atoms with Crippen molar-refractivity contribution in [2.75, 3.05) is 22.1 Å². The smallest absolute Gasteiger partial charge is 0.248 e. The molecule has 0 heterocycles. The molecule has 134 valence electrons. The number of benzene rings is 2. The summed E-state index contributed by atoms with van der Waals surface area (Å²) in [5.41, 5.74) is 0.988. The Hall–Kier alpha value is -1.70. The minimum Gasteiger partial charge on any atom is -0.323 e. The summed E-state index contributed by atoms with van der Waals surface area (Å²) < 4.78 is 25.6. The summed E-state index contributed by atoms with van der Waals surface area (Å²) in [5, 5.41) is 3.19. The maximum Gasteiger partial charge on any atom is 0.248 e. The highest BCUT2D eigenvalue weighted by Gasteiger charge is 2.29. The first-order valence-electron chi connectivity index (χ1n) is 7.43. The predicted octanol–water partition coefficient (Wildman–Crippen LogP) is 3.86. The number of rotatable bonds is 6. The van der Waals surface area contributed by atoms with Gasteiger partial charge in [-0.25, -0.2) is 8.42 Å². The minimum atomic E-state index is -3.68. The van der Waals surface area contributed by atoms with E-state index in [0.29, 0.717) is 16.4 Å². The van der Waals surface area contributed by atoms with E-state index >= 15 is 0 Å². The topological polar surface area (TPSA) is 66.5 Å². The Kier molecular flexibility index (Phi) is 6.37. The summed E-state index contributed by atoms with van der Waals surface area (Å²) in [6.07, 6.45) is 2.97. The van der Waals surface area contributed by atoms with Crippen LogP contribution in [-0.2, 0) is 14.8 Å². The first-order chi connectivity index (χ1) is 11.7. The normalized spacial score (nSPS) is 12.5. The van der Waals surface area contributed by atoms with E-state index in [1.807, 2.05) is 24.5 Å². The second-order valence-corrected chi connectivity index (χ2v) is 8.55. The second kappa shape index (κ2) is 8.12. The van der Waals surface area contributed by atoms with Gasteiger partial charge in [0.25, 0.3) is 0 Å². The fourth-order valence-electron chi connectivity index (χ4n) is 2.41. The van der Waals surface area contributed by atoms with Gasteiger partial charge in [0.05, 0.1) is 17.6 Å². The number of para-hydroxylation sites is 1. The van der Waals surface area contributed by atoms with Gasteiger partial charge in [0.2, 0.25) is 15.9 Å². The van der Waals surface area contributed by atoms with Crippen molar-refractivity contribution in [2.45, 2.75) is 17.9 Å². The maximum absolute atomic E-state index is 12.7. The first-order valence-corrected chi connectivity index (χ1v) is 10.9. The molecule has 2 aromatic carbocycles. The molecular weight excluding hydrogens is 380 g/mol. The summed E-state index contributed by atoms with van der Waals surface area (Å²) in [7, 11) is -3.68. The van der Waals surface area contributed by atoms with Crippen molar-refractivity contribution in [3.8, 4) is 0 Å². The Balaban J connectivity index is 2.33. The van der Waals surface area contributed by atoms with E-state index in [9.17, 15) is 13.2 Å². The molecule has 1 N–H and O–H groups in total. The molecule has 0 saturated heterocycles. The highest BCUT2D eigenvalue weighted by atomic mass is 35.5. The molecular formula is C17H19ClN2O3S2. The lowest BCUT2D eigenvalue weighted by Crippen LogP contribution is -2.45. The third kappa shape index (κ3) is 4.90. The molecule has 0 bridgehead atoms. The van der Waals surface area contributed by atoms with Gasteiger partial charge in [-0.3, -0.25) is 9.10 Å². The monoisotopic (exact) mass is 398 g/mol. The molecule has 1 amide bonds. The van der Waals surface area contributed by atoms with E-state index < -0.39 is 22.0 Å². The van der Waals surface area contributed by atoms with E-state index in [-0.39, 0.29) is 0 Å². The third-order valence-electron chi connectivity index (χ3n) is 3.52. The molecule has 5 nitrogen and oxygen atoms in total. The Morgan fingerprint density at radius 3 is 2.48 bits per heavy atom. The van der Waals surface area contributed by atoms with Crippen molar-refractivity contribution >= 4 is 50.7 Å². The lowest BCUT2D eigenvalue weighted by Gasteiger charge is -2.28. The fourth-order valence-corrected chi connectivity index (χ4v) is 4.31. The molecule has 0 aliphatic rings. The highest BCUT2D eigenvalue weighted by Crippen LogP contribution is 2.27. The number of nitrogens with one attached hydrogen (secondary N) is 1. The van der Waals surface area contributed by atoms with Crippen LogP contribution in [0.4, 0.5) is 11.4 Å². The van der Waals surface area contributed by atoms with Crippen LogP contribution < -0.4 is 9.62 Å². The number of anilines is 2. The molecule has 0 saturated carbocycles. The summed E-state index contributed by atoms with van der Waals surface area (Å²) in [5.74, 6) is -0.424. The largest absolute Gasteiger partial charge is 0.323 e. The zero-order valence-electron chi connectivity index (χ0n) is 14.1. The number of thioether (sulfide) groups is 1. The number of sulfonamides is 1. The van der Waals surface area contributed by atoms with E-state index in [1.165, 1.54) is 17.8 Å². The van der Waals surface area contributed by atoms with Crippen LogP contribution in [0, 0.1) is 0 Å². The molecule has 0 aliphatic heterocycles. The SMILES string of the molecule is CSc1ccccc1NC(=O)C(C)N(c1cccc(Cl)c1)S(C)(=O)=O. The van der Waals surface area contributed by atoms with E-state index in [0.717, 1.165) is 15.5 Å². The van der Waals surface area contributed by atoms with Crippen molar-refractivity contribution in [1.82, 2.24) is 0 Å². The lowest BCUT2D eigenvalue weighted by molar-refractivity contribution is -0.116. The van der Waals surface area contributed by atoms with Gasteiger partial charge in [-0.05, 0) is 43.5 Å². The summed E-state index contributed by atoms with van der Waals surface area (Å²) in [4.78, 5) is 13.6. The molecule has 0 radical (unpaired) electrons. The number of carbonyl (C=O) groups excluding carboxylic acids is 1. The van der Waals surface area contributed by atoms with Gasteiger partial charge in [-0.2, -0.15) is 0 Å². The van der Waals surface area contributed by atoms with Crippen LogP contribution in [0.2, 0.25) is 5.02 Å². The van der Waals surface area contributed by atoms with Gasteiger partial charge in [0, 0.05) is 9.92 Å². The fraction of sp³-hybridized carbons (Fsp3) is 0.235. The molecule has 0 aromatic heterocycles. The quantitative estimate of drug-likeness (QED) is 0.750. The standard InChI is InChI=1S/C17H19ClN2O3S2/c1-12(17(21)19-15-9-4-5-10-16(15)24-2)20(25(3,22)23)14-8-6-7-13(18)11-14/h4-12H,1-3H3,(H,19,21). The van der Waals surface area contributed by atoms with Crippen LogP contribution in [0.3, 0.4) is 0 Å². The summed E-state index contributed by atoms with van der Waals surface area (Å²) in [6, 6.07) is 12.8. The molecule has 0 fully saturated rings.